The van der Waals surface area contributed by atoms with E-state index in [1.165, 1.54) is 0 Å². The van der Waals surface area contributed by atoms with E-state index in [-0.39, 0.29) is 12.1 Å². The van der Waals surface area contributed by atoms with Gasteiger partial charge in [-0.25, -0.2) is 4.79 Å². The van der Waals surface area contributed by atoms with Crippen LogP contribution >= 0.6 is 0 Å². The number of urea groups is 1. The predicted octanol–water partition coefficient (Wildman–Crippen LogP) is 1.61. The van der Waals surface area contributed by atoms with Gasteiger partial charge in [0, 0.05) is 32.3 Å². The molecule has 6 nitrogen and oxygen atoms in total. The van der Waals surface area contributed by atoms with Crippen LogP contribution in [0.3, 0.4) is 0 Å². The maximum Gasteiger partial charge on any atom is 0.317 e. The van der Waals surface area contributed by atoms with Crippen LogP contribution in [0.2, 0.25) is 0 Å². The minimum atomic E-state index is -0.101. The summed E-state index contributed by atoms with van der Waals surface area (Å²) in [6.07, 6.45) is 2.29. The molecule has 2 rings (SSSR count). The molecule has 0 radical (unpaired) electrons. The topological polar surface area (TPSA) is 67.6 Å². The number of aryl methyl sites for hydroxylation is 2. The Morgan fingerprint density at radius 3 is 2.89 bits per heavy atom. The van der Waals surface area contributed by atoms with Gasteiger partial charge in [0.25, 0.3) is 0 Å². The monoisotopic (exact) mass is 267 g/mol. The summed E-state index contributed by atoms with van der Waals surface area (Å²) in [5.41, 5.74) is 1.76. The summed E-state index contributed by atoms with van der Waals surface area (Å²) in [7, 11) is 1.78. The van der Waals surface area contributed by atoms with Crippen molar-refractivity contribution in [1.82, 2.24) is 15.4 Å². The Balaban J connectivity index is 1.80. The van der Waals surface area contributed by atoms with Gasteiger partial charge in [-0.2, -0.15) is 0 Å². The smallest absolute Gasteiger partial charge is 0.317 e. The lowest BCUT2D eigenvalue weighted by molar-refractivity contribution is 0.0874. The molecule has 1 aliphatic rings. The molecular formula is C13H21N3O3. The molecule has 1 aliphatic heterocycles. The van der Waals surface area contributed by atoms with Crippen molar-refractivity contribution in [2.75, 3.05) is 20.2 Å². The molecule has 1 saturated heterocycles. The Morgan fingerprint density at radius 2 is 2.32 bits per heavy atom. The molecule has 1 N–H and O–H groups in total. The second-order valence-electron chi connectivity index (χ2n) is 4.98. The molecule has 0 aliphatic carbocycles. The first-order chi connectivity index (χ1) is 9.08. The number of carbonyl (C=O) groups excluding carboxylic acids is 1. The number of likely N-dealkylation sites (N-methyl/N-ethyl adjacent to an activating group) is 1. The van der Waals surface area contributed by atoms with Gasteiger partial charge in [-0.15, -0.1) is 0 Å². The zero-order valence-corrected chi connectivity index (χ0v) is 11.7. The van der Waals surface area contributed by atoms with Crippen LogP contribution in [0.4, 0.5) is 4.79 Å². The highest BCUT2D eigenvalue weighted by Crippen LogP contribution is 2.13. The minimum Gasteiger partial charge on any atom is -0.376 e. The summed E-state index contributed by atoms with van der Waals surface area (Å²) in [5.74, 6) is 0.750. The largest absolute Gasteiger partial charge is 0.376 e. The van der Waals surface area contributed by atoms with Gasteiger partial charge in [0.15, 0.2) is 0 Å². The first-order valence-electron chi connectivity index (χ1n) is 6.60. The highest BCUT2D eigenvalue weighted by atomic mass is 16.5. The maximum absolute atomic E-state index is 12.0. The number of rotatable bonds is 4. The molecule has 0 aromatic carbocycles. The minimum absolute atomic E-state index is 0.101. The molecule has 0 unspecified atom stereocenters. The van der Waals surface area contributed by atoms with Crippen molar-refractivity contribution >= 4 is 6.03 Å². The Labute approximate surface area is 113 Å². The zero-order valence-electron chi connectivity index (χ0n) is 11.7. The molecule has 6 heteroatoms. The van der Waals surface area contributed by atoms with Crippen molar-refractivity contribution in [3.63, 3.8) is 0 Å². The van der Waals surface area contributed by atoms with Gasteiger partial charge in [-0.05, 0) is 26.7 Å². The molecule has 0 bridgehead atoms. The van der Waals surface area contributed by atoms with Crippen LogP contribution in [0.15, 0.2) is 4.52 Å². The fourth-order valence-corrected chi connectivity index (χ4v) is 2.23. The third-order valence-electron chi connectivity index (χ3n) is 3.45. The molecule has 19 heavy (non-hydrogen) atoms. The van der Waals surface area contributed by atoms with E-state index in [0.717, 1.165) is 36.5 Å². The number of aromatic nitrogens is 1. The van der Waals surface area contributed by atoms with Crippen LogP contribution in [0, 0.1) is 13.8 Å². The highest BCUT2D eigenvalue weighted by molar-refractivity contribution is 5.73. The number of hydrogen-bond donors (Lipinski definition) is 1. The van der Waals surface area contributed by atoms with Crippen molar-refractivity contribution in [2.24, 2.45) is 0 Å². The van der Waals surface area contributed by atoms with Crippen molar-refractivity contribution in [3.8, 4) is 0 Å². The SMILES string of the molecule is Cc1noc(C)c1CNC(=O)N(C)C[C@H]1CCCO1. The van der Waals surface area contributed by atoms with E-state index in [1.807, 2.05) is 13.8 Å². The Bertz CT molecular complexity index is 419. The van der Waals surface area contributed by atoms with Gasteiger partial charge < -0.3 is 19.5 Å². The molecule has 1 aromatic rings. The Morgan fingerprint density at radius 1 is 1.53 bits per heavy atom. The van der Waals surface area contributed by atoms with Gasteiger partial charge >= 0.3 is 6.03 Å². The van der Waals surface area contributed by atoms with E-state index in [9.17, 15) is 4.79 Å². The normalized spacial score (nSPS) is 18.6. The summed E-state index contributed by atoms with van der Waals surface area (Å²) < 4.78 is 10.6. The van der Waals surface area contributed by atoms with Crippen molar-refractivity contribution in [2.45, 2.75) is 39.3 Å². The number of amides is 2. The summed E-state index contributed by atoms with van der Waals surface area (Å²) in [6, 6.07) is -0.101. The summed E-state index contributed by atoms with van der Waals surface area (Å²) >= 11 is 0. The average Bonchev–Trinajstić information content (AvgIpc) is 2.98. The average molecular weight is 267 g/mol. The Hall–Kier alpha value is -1.56. The fraction of sp³-hybridized carbons (Fsp3) is 0.692. The third-order valence-corrected chi connectivity index (χ3v) is 3.45. The lowest BCUT2D eigenvalue weighted by atomic mass is 10.2. The standard InChI is InChI=1S/C13H21N3O3/c1-9-12(10(2)19-15-9)7-14-13(17)16(3)8-11-5-4-6-18-11/h11H,4-8H2,1-3H3,(H,14,17)/t11-/m1/s1. The lowest BCUT2D eigenvalue weighted by Crippen LogP contribution is -2.40. The van der Waals surface area contributed by atoms with Crippen LogP contribution in [-0.2, 0) is 11.3 Å². The molecule has 2 amide bonds. The number of hydrogen-bond acceptors (Lipinski definition) is 4. The lowest BCUT2D eigenvalue weighted by Gasteiger charge is -2.21. The van der Waals surface area contributed by atoms with Crippen LogP contribution in [-0.4, -0.2) is 42.4 Å². The van der Waals surface area contributed by atoms with Gasteiger partial charge in [0.1, 0.15) is 5.76 Å². The van der Waals surface area contributed by atoms with Gasteiger partial charge in [-0.1, -0.05) is 5.16 Å². The second-order valence-corrected chi connectivity index (χ2v) is 4.98. The number of ether oxygens (including phenoxy) is 1. The first kappa shape index (κ1) is 13.9. The summed E-state index contributed by atoms with van der Waals surface area (Å²) in [4.78, 5) is 13.6. The third kappa shape index (κ3) is 3.47. The van der Waals surface area contributed by atoms with Gasteiger partial charge in [-0.3, -0.25) is 0 Å². The van der Waals surface area contributed by atoms with E-state index < -0.39 is 0 Å². The molecule has 1 atom stereocenters. The van der Waals surface area contributed by atoms with Crippen LogP contribution < -0.4 is 5.32 Å². The van der Waals surface area contributed by atoms with E-state index in [4.69, 9.17) is 9.26 Å². The molecule has 0 spiro atoms. The van der Waals surface area contributed by atoms with Gasteiger partial charge in [0.05, 0.1) is 11.8 Å². The Kier molecular flexibility index (Phi) is 4.42. The van der Waals surface area contributed by atoms with Crippen molar-refractivity contribution in [3.05, 3.63) is 17.0 Å². The van der Waals surface area contributed by atoms with Gasteiger partial charge in [0.2, 0.25) is 0 Å². The summed E-state index contributed by atoms with van der Waals surface area (Å²) in [6.45, 7) is 5.59. The van der Waals surface area contributed by atoms with Crippen LogP contribution in [0.5, 0.6) is 0 Å². The van der Waals surface area contributed by atoms with E-state index >= 15 is 0 Å². The highest BCUT2D eigenvalue weighted by Gasteiger charge is 2.20. The maximum atomic E-state index is 12.0. The number of nitrogens with zero attached hydrogens (tertiary/aromatic N) is 2. The fourth-order valence-electron chi connectivity index (χ4n) is 2.23. The van der Waals surface area contributed by atoms with E-state index in [1.54, 1.807) is 11.9 Å². The van der Waals surface area contributed by atoms with Crippen LogP contribution in [0.25, 0.3) is 0 Å². The first-order valence-corrected chi connectivity index (χ1v) is 6.60. The van der Waals surface area contributed by atoms with Crippen molar-refractivity contribution < 1.29 is 14.1 Å². The molecule has 0 saturated carbocycles. The molecular weight excluding hydrogens is 246 g/mol. The number of nitrogens with one attached hydrogen (secondary N) is 1. The van der Waals surface area contributed by atoms with Crippen molar-refractivity contribution in [1.29, 1.82) is 0 Å². The number of carbonyl (C=O) groups is 1. The summed E-state index contributed by atoms with van der Waals surface area (Å²) in [5, 5.41) is 6.73. The molecule has 1 aromatic heterocycles. The van der Waals surface area contributed by atoms with E-state index in [0.29, 0.717) is 13.1 Å². The predicted molar refractivity (Wildman–Crippen MR) is 69.8 cm³/mol. The second kappa shape index (κ2) is 6.06. The van der Waals surface area contributed by atoms with E-state index in [2.05, 4.69) is 10.5 Å². The van der Waals surface area contributed by atoms with Crippen LogP contribution in [0.1, 0.15) is 29.9 Å². The zero-order chi connectivity index (χ0) is 13.8. The molecule has 1 fully saturated rings. The molecule has 106 valence electrons. The quantitative estimate of drug-likeness (QED) is 0.900. The molecule has 2 heterocycles.